The first-order valence-electron chi connectivity index (χ1n) is 13.5. The van der Waals surface area contributed by atoms with Gasteiger partial charge in [-0.1, -0.05) is 55.0 Å². The third-order valence-corrected chi connectivity index (χ3v) is 6.07. The van der Waals surface area contributed by atoms with Gasteiger partial charge in [0.05, 0.1) is 13.5 Å². The third kappa shape index (κ3) is 13.3. The number of hydrogen-bond donors (Lipinski definition) is 5. The normalized spacial score (nSPS) is 11.6. The lowest BCUT2D eigenvalue weighted by Crippen LogP contribution is -2.48. The van der Waals surface area contributed by atoms with Crippen molar-refractivity contribution in [1.29, 1.82) is 0 Å². The van der Waals surface area contributed by atoms with Gasteiger partial charge in [0.15, 0.2) is 0 Å². The number of nitrogens with two attached hydrogens (primary N) is 1. The summed E-state index contributed by atoms with van der Waals surface area (Å²) in [6.45, 7) is 5.31. The van der Waals surface area contributed by atoms with Crippen LogP contribution in [0.1, 0.15) is 43.2 Å². The molecule has 2 amide bonds. The monoisotopic (exact) mass is 511 g/mol. The second-order valence-electron chi connectivity index (χ2n) is 9.15. The third-order valence-electron chi connectivity index (χ3n) is 6.07. The molecule has 2 rings (SSSR count). The van der Waals surface area contributed by atoms with Crippen molar-refractivity contribution in [3.05, 3.63) is 65.7 Å². The average Bonchev–Trinajstić information content (AvgIpc) is 2.91. The molecule has 0 saturated carbocycles. The molecule has 1 atom stereocenters. The second-order valence-corrected chi connectivity index (χ2v) is 9.15. The Balaban J connectivity index is 1.71. The Hall–Kier alpha value is -2.94. The van der Waals surface area contributed by atoms with Gasteiger partial charge < -0.3 is 31.7 Å². The molecular weight excluding hydrogens is 466 g/mol. The van der Waals surface area contributed by atoms with Gasteiger partial charge in [-0.25, -0.2) is 0 Å². The molecule has 0 aliphatic rings. The van der Waals surface area contributed by atoms with Crippen molar-refractivity contribution in [3.8, 4) is 5.75 Å². The predicted molar refractivity (Wildman–Crippen MR) is 150 cm³/mol. The molecular formula is C29H45N5O3. The molecule has 6 N–H and O–H groups in total. The summed E-state index contributed by atoms with van der Waals surface area (Å²) in [6.07, 6.45) is 5.72. The number of amides is 2. The van der Waals surface area contributed by atoms with Gasteiger partial charge in [-0.3, -0.25) is 9.59 Å². The minimum atomic E-state index is -0.635. The Morgan fingerprint density at radius 1 is 0.811 bits per heavy atom. The molecule has 204 valence electrons. The number of para-hydroxylation sites is 1. The van der Waals surface area contributed by atoms with Crippen LogP contribution in [-0.2, 0) is 22.4 Å². The molecule has 0 aliphatic heterocycles. The van der Waals surface area contributed by atoms with Crippen LogP contribution in [0.4, 0.5) is 0 Å². The number of methoxy groups -OCH3 is 1. The van der Waals surface area contributed by atoms with Gasteiger partial charge in [0, 0.05) is 18.5 Å². The van der Waals surface area contributed by atoms with E-state index in [0.717, 1.165) is 76.0 Å². The minimum absolute atomic E-state index is 0.152. The Labute approximate surface area is 222 Å². The zero-order valence-corrected chi connectivity index (χ0v) is 22.3. The van der Waals surface area contributed by atoms with E-state index in [1.165, 1.54) is 0 Å². The fourth-order valence-corrected chi connectivity index (χ4v) is 4.03. The minimum Gasteiger partial charge on any atom is -0.496 e. The van der Waals surface area contributed by atoms with E-state index in [9.17, 15) is 9.59 Å². The molecule has 0 radical (unpaired) electrons. The number of unbranched alkanes of at least 4 members (excludes halogenated alkanes) is 2. The lowest BCUT2D eigenvalue weighted by molar-refractivity contribution is -0.128. The van der Waals surface area contributed by atoms with Crippen LogP contribution in [0.5, 0.6) is 5.75 Å². The molecule has 8 nitrogen and oxygen atoms in total. The highest BCUT2D eigenvalue weighted by Gasteiger charge is 2.21. The number of benzene rings is 2. The fraction of sp³-hybridized carbons (Fsp3) is 0.517. The Morgan fingerprint density at radius 3 is 2.19 bits per heavy atom. The van der Waals surface area contributed by atoms with E-state index in [-0.39, 0.29) is 18.2 Å². The Bertz CT molecular complexity index is 894. The maximum atomic E-state index is 13.0. The molecule has 0 fully saturated rings. The van der Waals surface area contributed by atoms with Crippen LogP contribution in [0.3, 0.4) is 0 Å². The largest absolute Gasteiger partial charge is 0.496 e. The van der Waals surface area contributed by atoms with Gasteiger partial charge in [0.1, 0.15) is 11.8 Å². The van der Waals surface area contributed by atoms with Crippen LogP contribution in [0.15, 0.2) is 54.6 Å². The van der Waals surface area contributed by atoms with Gasteiger partial charge >= 0.3 is 0 Å². The maximum absolute atomic E-state index is 13.0. The Kier molecular flexibility index (Phi) is 15.7. The Morgan fingerprint density at radius 2 is 1.46 bits per heavy atom. The van der Waals surface area contributed by atoms with Crippen molar-refractivity contribution in [3.63, 3.8) is 0 Å². The van der Waals surface area contributed by atoms with Crippen LogP contribution in [0, 0.1) is 0 Å². The van der Waals surface area contributed by atoms with Gasteiger partial charge in [-0.2, -0.15) is 0 Å². The van der Waals surface area contributed by atoms with Crippen LogP contribution in [-0.4, -0.2) is 64.2 Å². The standard InChI is InChI=1S/C29H45N5O3/c1-37-27-15-7-6-14-25(27)23-28(35)34-26(22-24-12-4-2-5-13-24)29(36)33-21-9-3-8-17-31-19-11-20-32-18-10-16-30/h2,4-7,12-15,26,31-32H,3,8-11,16-23,30H2,1H3,(H,33,36)(H,34,35)/t26-/m0/s1. The van der Waals surface area contributed by atoms with Gasteiger partial charge in [-0.05, 0) is 70.0 Å². The molecule has 0 saturated heterocycles. The first kappa shape index (κ1) is 30.3. The molecule has 8 heteroatoms. The lowest BCUT2D eigenvalue weighted by Gasteiger charge is -2.19. The molecule has 37 heavy (non-hydrogen) atoms. The summed E-state index contributed by atoms with van der Waals surface area (Å²) in [6, 6.07) is 16.5. The summed E-state index contributed by atoms with van der Waals surface area (Å²) in [7, 11) is 1.59. The van der Waals surface area contributed by atoms with Crippen molar-refractivity contribution in [2.45, 2.75) is 51.0 Å². The van der Waals surface area contributed by atoms with Crippen LogP contribution >= 0.6 is 0 Å². The van der Waals surface area contributed by atoms with Gasteiger partial charge in [0.2, 0.25) is 11.8 Å². The van der Waals surface area contributed by atoms with E-state index in [0.29, 0.717) is 18.7 Å². The van der Waals surface area contributed by atoms with Gasteiger partial charge in [0.25, 0.3) is 0 Å². The molecule has 0 aliphatic carbocycles. The van der Waals surface area contributed by atoms with Gasteiger partial charge in [-0.15, -0.1) is 0 Å². The van der Waals surface area contributed by atoms with Crippen molar-refractivity contribution in [2.75, 3.05) is 46.4 Å². The molecule has 0 aromatic heterocycles. The smallest absolute Gasteiger partial charge is 0.242 e. The molecule has 2 aromatic carbocycles. The van der Waals surface area contributed by atoms with E-state index >= 15 is 0 Å². The molecule has 0 bridgehead atoms. The number of nitrogens with one attached hydrogen (secondary N) is 4. The maximum Gasteiger partial charge on any atom is 0.242 e. The SMILES string of the molecule is COc1ccccc1CC(=O)N[C@@H](Cc1ccccc1)C(=O)NCCCCCNCCCNCCCN. The molecule has 0 heterocycles. The highest BCUT2D eigenvalue weighted by molar-refractivity contribution is 5.88. The van der Waals surface area contributed by atoms with Crippen molar-refractivity contribution in [1.82, 2.24) is 21.3 Å². The fourth-order valence-electron chi connectivity index (χ4n) is 4.03. The number of hydrogen-bond acceptors (Lipinski definition) is 6. The van der Waals surface area contributed by atoms with E-state index in [1.54, 1.807) is 7.11 Å². The van der Waals surface area contributed by atoms with Crippen LogP contribution < -0.4 is 31.7 Å². The van der Waals surface area contributed by atoms with Crippen LogP contribution in [0.2, 0.25) is 0 Å². The summed E-state index contributed by atoms with van der Waals surface area (Å²) in [5, 5.41) is 12.8. The molecule has 0 spiro atoms. The summed E-state index contributed by atoms with van der Waals surface area (Å²) in [5.74, 6) is 0.300. The van der Waals surface area contributed by atoms with E-state index in [2.05, 4.69) is 21.3 Å². The second kappa shape index (κ2) is 19.2. The van der Waals surface area contributed by atoms with Crippen molar-refractivity contribution < 1.29 is 14.3 Å². The van der Waals surface area contributed by atoms with E-state index in [4.69, 9.17) is 10.5 Å². The summed E-state index contributed by atoms with van der Waals surface area (Å²) in [4.78, 5) is 25.8. The quantitative estimate of drug-likeness (QED) is 0.174. The average molecular weight is 512 g/mol. The van der Waals surface area contributed by atoms with E-state index in [1.807, 2.05) is 54.6 Å². The highest BCUT2D eigenvalue weighted by atomic mass is 16.5. The highest BCUT2D eigenvalue weighted by Crippen LogP contribution is 2.17. The van der Waals surface area contributed by atoms with Crippen LogP contribution in [0.25, 0.3) is 0 Å². The van der Waals surface area contributed by atoms with E-state index < -0.39 is 6.04 Å². The zero-order valence-electron chi connectivity index (χ0n) is 22.3. The number of carbonyl (C=O) groups is 2. The topological polar surface area (TPSA) is 118 Å². The number of carbonyl (C=O) groups excluding carboxylic acids is 2. The first-order valence-corrected chi connectivity index (χ1v) is 13.5. The van der Waals surface area contributed by atoms with Crippen molar-refractivity contribution in [2.24, 2.45) is 5.73 Å². The zero-order chi connectivity index (χ0) is 26.6. The lowest BCUT2D eigenvalue weighted by atomic mass is 10.0. The molecule has 0 unspecified atom stereocenters. The molecule has 2 aromatic rings. The number of rotatable bonds is 20. The number of ether oxygens (including phenoxy) is 1. The predicted octanol–water partition coefficient (Wildman–Crippen LogP) is 2.17. The summed E-state index contributed by atoms with van der Waals surface area (Å²) >= 11 is 0. The van der Waals surface area contributed by atoms with Crippen molar-refractivity contribution >= 4 is 11.8 Å². The summed E-state index contributed by atoms with van der Waals surface area (Å²) < 4.78 is 5.35. The first-order chi connectivity index (χ1) is 18.1. The summed E-state index contributed by atoms with van der Waals surface area (Å²) in [5.41, 5.74) is 7.27.